The first-order chi connectivity index (χ1) is 20.1. The molecular weight excluding hydrogens is 534 g/mol. The number of nitrogens with zero attached hydrogens (tertiary/aromatic N) is 5. The Bertz CT molecular complexity index is 1630. The Morgan fingerprint density at radius 2 is 1.73 bits per heavy atom. The predicted octanol–water partition coefficient (Wildman–Crippen LogP) is 4.94. The summed E-state index contributed by atoms with van der Waals surface area (Å²) in [5, 5.41) is 4.46. The van der Waals surface area contributed by atoms with Crippen molar-refractivity contribution in [3.05, 3.63) is 66.0 Å². The third-order valence-electron chi connectivity index (χ3n) is 7.11. The Hall–Kier alpha value is -4.29. The van der Waals surface area contributed by atoms with E-state index in [2.05, 4.69) is 10.1 Å². The zero-order chi connectivity index (χ0) is 28.3. The minimum Gasteiger partial charge on any atom is -0.487 e. The third kappa shape index (κ3) is 5.40. The van der Waals surface area contributed by atoms with Gasteiger partial charge in [-0.25, -0.2) is 23.3 Å². The van der Waals surface area contributed by atoms with Gasteiger partial charge >= 0.3 is 0 Å². The van der Waals surface area contributed by atoms with E-state index in [1.54, 1.807) is 24.9 Å². The molecule has 0 bridgehead atoms. The highest BCUT2D eigenvalue weighted by atomic mass is 19.1. The van der Waals surface area contributed by atoms with Crippen molar-refractivity contribution in [1.29, 1.82) is 0 Å². The SMILES string of the molecule is COCCOc1cc2nc(-c3cnn4ccc(N5CCC[C@@H]5c5cc(F)ccc5F)nc34)[nH]c2cc1OCCOC. The molecule has 6 rings (SSSR count). The first kappa shape index (κ1) is 26.9. The smallest absolute Gasteiger partial charge is 0.168 e. The van der Waals surface area contributed by atoms with Gasteiger partial charge in [-0.3, -0.25) is 0 Å². The summed E-state index contributed by atoms with van der Waals surface area (Å²) in [6.45, 7) is 2.26. The number of imidazole rings is 1. The summed E-state index contributed by atoms with van der Waals surface area (Å²) in [5.41, 5.74) is 3.05. The Labute approximate surface area is 234 Å². The number of benzene rings is 2. The molecule has 1 saturated heterocycles. The molecule has 1 fully saturated rings. The minimum atomic E-state index is -0.459. The summed E-state index contributed by atoms with van der Waals surface area (Å²) in [6, 6.07) is 8.78. The normalized spacial score (nSPS) is 15.3. The first-order valence-corrected chi connectivity index (χ1v) is 13.4. The van der Waals surface area contributed by atoms with Crippen LogP contribution in [0.2, 0.25) is 0 Å². The lowest BCUT2D eigenvalue weighted by atomic mass is 10.0. The first-order valence-electron chi connectivity index (χ1n) is 13.4. The van der Waals surface area contributed by atoms with Gasteiger partial charge in [0, 0.05) is 44.7 Å². The number of rotatable bonds is 11. The average molecular weight is 565 g/mol. The van der Waals surface area contributed by atoms with Gasteiger partial charge in [-0.2, -0.15) is 5.10 Å². The van der Waals surface area contributed by atoms with Crippen LogP contribution in [0.1, 0.15) is 24.4 Å². The van der Waals surface area contributed by atoms with Crippen LogP contribution in [0.5, 0.6) is 11.5 Å². The van der Waals surface area contributed by atoms with E-state index in [4.69, 9.17) is 28.9 Å². The van der Waals surface area contributed by atoms with E-state index in [0.29, 0.717) is 84.8 Å². The summed E-state index contributed by atoms with van der Waals surface area (Å²) < 4.78 is 52.3. The molecule has 12 heteroatoms. The molecule has 0 spiro atoms. The van der Waals surface area contributed by atoms with Crippen molar-refractivity contribution >= 4 is 22.5 Å². The molecule has 3 aromatic heterocycles. The van der Waals surface area contributed by atoms with Crippen molar-refractivity contribution < 1.29 is 27.7 Å². The van der Waals surface area contributed by atoms with Crippen molar-refractivity contribution in [2.75, 3.05) is 52.1 Å². The fraction of sp³-hybridized carbons (Fsp3) is 0.345. The van der Waals surface area contributed by atoms with Gasteiger partial charge in [0.15, 0.2) is 17.1 Å². The van der Waals surface area contributed by atoms with Crippen LogP contribution in [0.25, 0.3) is 28.1 Å². The van der Waals surface area contributed by atoms with Gasteiger partial charge in [-0.05, 0) is 37.1 Å². The molecule has 1 aliphatic rings. The largest absolute Gasteiger partial charge is 0.487 e. The van der Waals surface area contributed by atoms with Crippen molar-refractivity contribution in [1.82, 2.24) is 24.6 Å². The number of halogens is 2. The summed E-state index contributed by atoms with van der Waals surface area (Å²) in [7, 11) is 3.23. The van der Waals surface area contributed by atoms with Gasteiger partial charge < -0.3 is 28.8 Å². The van der Waals surface area contributed by atoms with Gasteiger partial charge in [-0.15, -0.1) is 0 Å². The molecule has 10 nitrogen and oxygen atoms in total. The number of hydrogen-bond donors (Lipinski definition) is 1. The number of hydrogen-bond acceptors (Lipinski definition) is 8. The maximum atomic E-state index is 14.7. The van der Waals surface area contributed by atoms with Crippen LogP contribution in [0.15, 0.2) is 48.8 Å². The number of aromatic amines is 1. The monoisotopic (exact) mass is 564 g/mol. The average Bonchev–Trinajstić information content (AvgIpc) is 3.72. The van der Waals surface area contributed by atoms with E-state index >= 15 is 0 Å². The second-order valence-corrected chi connectivity index (χ2v) is 9.71. The van der Waals surface area contributed by atoms with E-state index in [9.17, 15) is 8.78 Å². The van der Waals surface area contributed by atoms with E-state index < -0.39 is 11.6 Å². The Kier molecular flexibility index (Phi) is 7.66. The molecule has 0 radical (unpaired) electrons. The Balaban J connectivity index is 1.35. The summed E-state index contributed by atoms with van der Waals surface area (Å²) in [5.74, 6) is 1.46. The van der Waals surface area contributed by atoms with Crippen molar-refractivity contribution in [2.24, 2.45) is 0 Å². The van der Waals surface area contributed by atoms with E-state index in [1.807, 2.05) is 29.3 Å². The zero-order valence-corrected chi connectivity index (χ0v) is 22.8. The van der Waals surface area contributed by atoms with E-state index in [0.717, 1.165) is 18.0 Å². The number of ether oxygens (including phenoxy) is 4. The molecular formula is C29H30F2N6O4. The van der Waals surface area contributed by atoms with Crippen LogP contribution in [0.3, 0.4) is 0 Å². The van der Waals surface area contributed by atoms with Crippen LogP contribution < -0.4 is 14.4 Å². The highest BCUT2D eigenvalue weighted by Gasteiger charge is 2.30. The Morgan fingerprint density at radius 3 is 2.51 bits per heavy atom. The molecule has 1 N–H and O–H groups in total. The van der Waals surface area contributed by atoms with E-state index in [-0.39, 0.29) is 6.04 Å². The van der Waals surface area contributed by atoms with Crippen molar-refractivity contribution in [3.8, 4) is 22.9 Å². The number of nitrogens with one attached hydrogen (secondary N) is 1. The molecule has 0 amide bonds. The van der Waals surface area contributed by atoms with Gasteiger partial charge in [0.1, 0.15) is 36.5 Å². The topological polar surface area (TPSA) is 99.0 Å². The molecule has 1 aliphatic heterocycles. The number of methoxy groups -OCH3 is 2. The standard InChI is InChI=1S/C29H30F2N6O4/c1-38-10-12-40-25-15-22-23(16-26(25)41-13-11-39-2)34-28(33-22)20-17-32-37-9-7-27(35-29(20)37)36-8-3-4-24(36)19-14-18(30)5-6-21(19)31/h5-7,9,14-17,24H,3-4,8,10-13H2,1-2H3,(H,33,34)/t24-/m1/s1. The van der Waals surface area contributed by atoms with E-state index in [1.165, 1.54) is 12.1 Å². The van der Waals surface area contributed by atoms with Crippen molar-refractivity contribution in [2.45, 2.75) is 18.9 Å². The van der Waals surface area contributed by atoms with Crippen LogP contribution in [0.4, 0.5) is 14.6 Å². The number of anilines is 1. The highest BCUT2D eigenvalue weighted by Crippen LogP contribution is 2.38. The van der Waals surface area contributed by atoms with Gasteiger partial charge in [-0.1, -0.05) is 0 Å². The molecule has 0 aliphatic carbocycles. The van der Waals surface area contributed by atoms with Gasteiger partial charge in [0.05, 0.1) is 42.0 Å². The lowest BCUT2D eigenvalue weighted by molar-refractivity contribution is 0.132. The molecule has 4 heterocycles. The second-order valence-electron chi connectivity index (χ2n) is 9.71. The maximum Gasteiger partial charge on any atom is 0.168 e. The summed E-state index contributed by atoms with van der Waals surface area (Å²) in [4.78, 5) is 15.1. The highest BCUT2D eigenvalue weighted by molar-refractivity contribution is 5.85. The van der Waals surface area contributed by atoms with Crippen LogP contribution in [-0.4, -0.2) is 71.8 Å². The molecule has 5 aromatic rings. The molecule has 1 atom stereocenters. The predicted molar refractivity (Wildman–Crippen MR) is 148 cm³/mol. The fourth-order valence-electron chi connectivity index (χ4n) is 5.16. The van der Waals surface area contributed by atoms with Crippen LogP contribution in [0, 0.1) is 11.6 Å². The summed E-state index contributed by atoms with van der Waals surface area (Å²) in [6.07, 6.45) is 5.05. The molecule has 2 aromatic carbocycles. The maximum absolute atomic E-state index is 14.7. The molecule has 0 unspecified atom stereocenters. The lowest BCUT2D eigenvalue weighted by Gasteiger charge is -2.26. The molecule has 214 valence electrons. The Morgan fingerprint density at radius 1 is 0.951 bits per heavy atom. The van der Waals surface area contributed by atoms with Crippen LogP contribution in [-0.2, 0) is 9.47 Å². The quantitative estimate of drug-likeness (QED) is 0.225. The number of fused-ring (bicyclic) bond motifs is 2. The molecule has 41 heavy (non-hydrogen) atoms. The minimum absolute atomic E-state index is 0.314. The van der Waals surface area contributed by atoms with Gasteiger partial charge in [0.2, 0.25) is 0 Å². The van der Waals surface area contributed by atoms with Gasteiger partial charge in [0.25, 0.3) is 0 Å². The second kappa shape index (κ2) is 11.7. The summed E-state index contributed by atoms with van der Waals surface area (Å²) >= 11 is 0. The third-order valence-corrected chi connectivity index (χ3v) is 7.11. The lowest BCUT2D eigenvalue weighted by Crippen LogP contribution is -2.24. The number of H-pyrrole nitrogens is 1. The van der Waals surface area contributed by atoms with Crippen molar-refractivity contribution in [3.63, 3.8) is 0 Å². The molecule has 0 saturated carbocycles. The van der Waals surface area contributed by atoms with Crippen LogP contribution >= 0.6 is 0 Å². The fourth-order valence-corrected chi connectivity index (χ4v) is 5.16. The number of aromatic nitrogens is 5. The zero-order valence-electron chi connectivity index (χ0n) is 22.8.